The number of fused-ring (bicyclic) bond motifs is 2. The van der Waals surface area contributed by atoms with Crippen LogP contribution in [-0.2, 0) is 6.42 Å². The van der Waals surface area contributed by atoms with E-state index in [1.54, 1.807) is 0 Å². The summed E-state index contributed by atoms with van der Waals surface area (Å²) < 4.78 is 0. The van der Waals surface area contributed by atoms with Crippen molar-refractivity contribution in [2.24, 2.45) is 0 Å². The minimum absolute atomic E-state index is 0.986. The number of allylic oxidation sites excluding steroid dienone is 1. The van der Waals surface area contributed by atoms with E-state index in [0.29, 0.717) is 0 Å². The third-order valence-electron chi connectivity index (χ3n) is 2.45. The van der Waals surface area contributed by atoms with Crippen molar-refractivity contribution in [3.8, 4) is 0 Å². The molecule has 0 unspecified atom stereocenters. The second-order valence-electron chi connectivity index (χ2n) is 3.32. The number of benzene rings is 1. The number of nitrogens with zero attached hydrogens (tertiary/aromatic N) is 1. The first-order valence-corrected chi connectivity index (χ1v) is 4.49. The molecule has 0 amide bonds. The third kappa shape index (κ3) is 0.970. The Morgan fingerprint density at radius 1 is 1.15 bits per heavy atom. The van der Waals surface area contributed by atoms with Gasteiger partial charge in [-0.1, -0.05) is 30.4 Å². The molecule has 62 valence electrons. The highest BCUT2D eigenvalue weighted by molar-refractivity contribution is 5.82. The van der Waals surface area contributed by atoms with Gasteiger partial charge < -0.3 is 0 Å². The van der Waals surface area contributed by atoms with Gasteiger partial charge in [0.15, 0.2) is 0 Å². The quantitative estimate of drug-likeness (QED) is 0.588. The number of aromatic nitrogens is 1. The van der Waals surface area contributed by atoms with Crippen LogP contribution < -0.4 is 0 Å². The number of rotatable bonds is 0. The predicted octanol–water partition coefficient (Wildman–Crippen LogP) is 2.80. The highest BCUT2D eigenvalue weighted by Crippen LogP contribution is 2.22. The van der Waals surface area contributed by atoms with Crippen molar-refractivity contribution < 1.29 is 0 Å². The Hall–Kier alpha value is -1.63. The Balaban J connectivity index is 2.40. The average Bonchev–Trinajstić information content (AvgIpc) is 2.61. The topological polar surface area (TPSA) is 12.9 Å². The summed E-state index contributed by atoms with van der Waals surface area (Å²) >= 11 is 0. The molecule has 1 aliphatic carbocycles. The molecule has 0 saturated carbocycles. The molecule has 0 radical (unpaired) electrons. The van der Waals surface area contributed by atoms with Crippen LogP contribution in [0.1, 0.15) is 11.3 Å². The third-order valence-corrected chi connectivity index (χ3v) is 2.45. The van der Waals surface area contributed by atoms with Gasteiger partial charge in [-0.05, 0) is 17.7 Å². The summed E-state index contributed by atoms with van der Waals surface area (Å²) in [6, 6.07) is 10.5. The standard InChI is InChI=1S/C12H9N/c1-2-6-11-9(4-1)8-10-5-3-7-12(10)13-11/h1-6,8H,7H2. The van der Waals surface area contributed by atoms with Gasteiger partial charge >= 0.3 is 0 Å². The van der Waals surface area contributed by atoms with Crippen LogP contribution in [0.25, 0.3) is 17.0 Å². The van der Waals surface area contributed by atoms with Gasteiger partial charge in [0, 0.05) is 11.8 Å². The van der Waals surface area contributed by atoms with Crippen LogP contribution in [0.15, 0.2) is 36.4 Å². The van der Waals surface area contributed by atoms with Crippen molar-refractivity contribution in [2.75, 3.05) is 0 Å². The molecule has 0 fully saturated rings. The highest BCUT2D eigenvalue weighted by atomic mass is 14.7. The predicted molar refractivity (Wildman–Crippen MR) is 54.5 cm³/mol. The van der Waals surface area contributed by atoms with Crippen LogP contribution >= 0.6 is 0 Å². The van der Waals surface area contributed by atoms with E-state index in [1.165, 1.54) is 16.6 Å². The Kier molecular flexibility index (Phi) is 1.28. The lowest BCUT2D eigenvalue weighted by Crippen LogP contribution is -1.88. The molecule has 0 N–H and O–H groups in total. The van der Waals surface area contributed by atoms with Crippen LogP contribution in [0.5, 0.6) is 0 Å². The van der Waals surface area contributed by atoms with Gasteiger partial charge in [-0.25, -0.2) is 0 Å². The van der Waals surface area contributed by atoms with E-state index in [4.69, 9.17) is 0 Å². The molecule has 0 atom stereocenters. The number of para-hydroxylation sites is 1. The summed E-state index contributed by atoms with van der Waals surface area (Å²) in [6.07, 6.45) is 5.30. The lowest BCUT2D eigenvalue weighted by Gasteiger charge is -2.01. The van der Waals surface area contributed by atoms with Gasteiger partial charge in [0.25, 0.3) is 0 Å². The SMILES string of the molecule is C1=Cc2cc3ccccc3nc2C1. The lowest BCUT2D eigenvalue weighted by molar-refractivity contribution is 1.17. The summed E-state index contributed by atoms with van der Waals surface area (Å²) in [7, 11) is 0. The fourth-order valence-corrected chi connectivity index (χ4v) is 1.78. The average molecular weight is 167 g/mol. The second kappa shape index (κ2) is 2.43. The molecule has 0 spiro atoms. The zero-order valence-corrected chi connectivity index (χ0v) is 7.20. The van der Waals surface area contributed by atoms with E-state index in [0.717, 1.165) is 11.9 Å². The Bertz CT molecular complexity index is 497. The summed E-state index contributed by atoms with van der Waals surface area (Å²) in [6.45, 7) is 0. The molecule has 0 aliphatic heterocycles. The first kappa shape index (κ1) is 6.84. The van der Waals surface area contributed by atoms with Gasteiger partial charge in [0.2, 0.25) is 0 Å². The van der Waals surface area contributed by atoms with Crippen molar-refractivity contribution in [3.63, 3.8) is 0 Å². The van der Waals surface area contributed by atoms with Crippen LogP contribution in [0, 0.1) is 0 Å². The molecule has 1 aliphatic rings. The van der Waals surface area contributed by atoms with Crippen LogP contribution in [-0.4, -0.2) is 4.98 Å². The molecule has 1 heterocycles. The van der Waals surface area contributed by atoms with Crippen molar-refractivity contribution in [1.29, 1.82) is 0 Å². The van der Waals surface area contributed by atoms with E-state index in [2.05, 4.69) is 41.4 Å². The molecule has 1 heteroatoms. The lowest BCUT2D eigenvalue weighted by atomic mass is 10.1. The van der Waals surface area contributed by atoms with Gasteiger partial charge in [-0.15, -0.1) is 0 Å². The maximum Gasteiger partial charge on any atom is 0.0705 e. The van der Waals surface area contributed by atoms with Gasteiger partial charge in [-0.3, -0.25) is 4.98 Å². The fraction of sp³-hybridized carbons (Fsp3) is 0.0833. The normalized spacial score (nSPS) is 13.5. The largest absolute Gasteiger partial charge is 0.252 e. The molecule has 0 saturated heterocycles. The van der Waals surface area contributed by atoms with Crippen molar-refractivity contribution in [2.45, 2.75) is 6.42 Å². The van der Waals surface area contributed by atoms with Crippen molar-refractivity contribution >= 4 is 17.0 Å². The van der Waals surface area contributed by atoms with Gasteiger partial charge in [-0.2, -0.15) is 0 Å². The van der Waals surface area contributed by atoms with Crippen LogP contribution in [0.4, 0.5) is 0 Å². The number of hydrogen-bond donors (Lipinski definition) is 0. The Morgan fingerprint density at radius 3 is 3.08 bits per heavy atom. The van der Waals surface area contributed by atoms with E-state index in [-0.39, 0.29) is 0 Å². The highest BCUT2D eigenvalue weighted by Gasteiger charge is 2.06. The summed E-state index contributed by atoms with van der Waals surface area (Å²) in [4.78, 5) is 4.59. The van der Waals surface area contributed by atoms with Gasteiger partial charge in [0.1, 0.15) is 0 Å². The van der Waals surface area contributed by atoms with Crippen LogP contribution in [0.2, 0.25) is 0 Å². The Labute approximate surface area is 76.7 Å². The minimum atomic E-state index is 0.986. The van der Waals surface area contributed by atoms with Gasteiger partial charge in [0.05, 0.1) is 11.2 Å². The first-order chi connectivity index (χ1) is 6.43. The van der Waals surface area contributed by atoms with E-state index >= 15 is 0 Å². The van der Waals surface area contributed by atoms with E-state index < -0.39 is 0 Å². The Morgan fingerprint density at radius 2 is 2.08 bits per heavy atom. The number of pyridine rings is 1. The molecule has 2 aromatic rings. The maximum atomic E-state index is 4.59. The molecule has 1 nitrogen and oxygen atoms in total. The summed E-state index contributed by atoms with van der Waals surface area (Å²) in [5, 5.41) is 1.23. The monoisotopic (exact) mass is 167 g/mol. The maximum absolute atomic E-state index is 4.59. The molecule has 1 aromatic carbocycles. The zero-order chi connectivity index (χ0) is 8.67. The molecule has 1 aromatic heterocycles. The van der Waals surface area contributed by atoms with Crippen molar-refractivity contribution in [3.05, 3.63) is 47.7 Å². The summed E-state index contributed by atoms with van der Waals surface area (Å²) in [5.41, 5.74) is 3.59. The molecule has 3 rings (SSSR count). The minimum Gasteiger partial charge on any atom is -0.252 e. The molecule has 0 bridgehead atoms. The zero-order valence-electron chi connectivity index (χ0n) is 7.20. The van der Waals surface area contributed by atoms with Crippen molar-refractivity contribution in [1.82, 2.24) is 4.98 Å². The van der Waals surface area contributed by atoms with E-state index in [1.807, 2.05) is 6.07 Å². The molecule has 13 heavy (non-hydrogen) atoms. The second-order valence-corrected chi connectivity index (χ2v) is 3.32. The smallest absolute Gasteiger partial charge is 0.0705 e. The summed E-state index contributed by atoms with van der Waals surface area (Å²) in [5.74, 6) is 0. The number of hydrogen-bond acceptors (Lipinski definition) is 1. The molecular weight excluding hydrogens is 158 g/mol. The van der Waals surface area contributed by atoms with Crippen LogP contribution in [0.3, 0.4) is 0 Å². The van der Waals surface area contributed by atoms with E-state index in [9.17, 15) is 0 Å². The molecular formula is C12H9N. The fourth-order valence-electron chi connectivity index (χ4n) is 1.78. The first-order valence-electron chi connectivity index (χ1n) is 4.49.